The second-order valence-corrected chi connectivity index (χ2v) is 5.18. The molecule has 2 unspecified atom stereocenters. The van der Waals surface area contributed by atoms with Gasteiger partial charge in [0, 0.05) is 0 Å². The molecule has 1 fully saturated rings. The van der Waals surface area contributed by atoms with Crippen molar-refractivity contribution >= 4 is 28.3 Å². The van der Waals surface area contributed by atoms with Crippen molar-refractivity contribution in [1.29, 1.82) is 0 Å². The van der Waals surface area contributed by atoms with Crippen LogP contribution in [-0.4, -0.2) is 27.2 Å². The van der Waals surface area contributed by atoms with Crippen molar-refractivity contribution in [2.24, 2.45) is 17.3 Å². The first-order chi connectivity index (χ1) is 7.44. The Kier molecular flexibility index (Phi) is 2.42. The molecule has 2 N–H and O–H groups in total. The molecule has 1 heterocycles. The van der Waals surface area contributed by atoms with Gasteiger partial charge in [-0.3, -0.25) is 9.59 Å². The van der Waals surface area contributed by atoms with Gasteiger partial charge in [0.15, 0.2) is 0 Å². The molecule has 86 valence electrons. The molecule has 1 amide bonds. The zero-order valence-corrected chi connectivity index (χ0v) is 9.61. The molecule has 1 aromatic rings. The van der Waals surface area contributed by atoms with E-state index in [-0.39, 0.29) is 5.91 Å². The minimum Gasteiger partial charge on any atom is -0.481 e. The quantitative estimate of drug-likeness (QED) is 0.817. The van der Waals surface area contributed by atoms with E-state index < -0.39 is 23.2 Å². The highest BCUT2D eigenvalue weighted by Crippen LogP contribution is 2.58. The molecule has 6 nitrogen and oxygen atoms in total. The fourth-order valence-corrected chi connectivity index (χ4v) is 2.45. The van der Waals surface area contributed by atoms with Crippen LogP contribution in [-0.2, 0) is 9.59 Å². The predicted octanol–water partition coefficient (Wildman–Crippen LogP) is 0.833. The molecule has 1 saturated carbocycles. The predicted molar refractivity (Wildman–Crippen MR) is 56.9 cm³/mol. The van der Waals surface area contributed by atoms with Crippen LogP contribution in [0.25, 0.3) is 0 Å². The van der Waals surface area contributed by atoms with Crippen LogP contribution < -0.4 is 5.32 Å². The van der Waals surface area contributed by atoms with Gasteiger partial charge in [0.25, 0.3) is 0 Å². The maximum atomic E-state index is 11.8. The van der Waals surface area contributed by atoms with Crippen molar-refractivity contribution in [1.82, 2.24) is 10.2 Å². The van der Waals surface area contributed by atoms with Gasteiger partial charge < -0.3 is 10.4 Å². The van der Waals surface area contributed by atoms with Gasteiger partial charge in [-0.1, -0.05) is 25.2 Å². The van der Waals surface area contributed by atoms with E-state index in [1.165, 1.54) is 16.8 Å². The van der Waals surface area contributed by atoms with Crippen LogP contribution in [0, 0.1) is 17.3 Å². The summed E-state index contributed by atoms with van der Waals surface area (Å²) in [5, 5.41) is 19.2. The number of carbonyl (C=O) groups excluding carboxylic acids is 1. The molecule has 7 heteroatoms. The summed E-state index contributed by atoms with van der Waals surface area (Å²) in [6.07, 6.45) is 0. The number of anilines is 1. The fraction of sp³-hybridized carbons (Fsp3) is 0.556. The zero-order chi connectivity index (χ0) is 11.9. The second-order valence-electron chi connectivity index (χ2n) is 4.35. The smallest absolute Gasteiger partial charge is 0.307 e. The highest BCUT2D eigenvalue weighted by molar-refractivity contribution is 7.13. The fourth-order valence-electron chi connectivity index (χ4n) is 2.00. The summed E-state index contributed by atoms with van der Waals surface area (Å²) in [6, 6.07) is 0. The number of rotatable bonds is 3. The van der Waals surface area contributed by atoms with Crippen molar-refractivity contribution < 1.29 is 14.7 Å². The molecule has 0 radical (unpaired) electrons. The molecule has 1 aliphatic rings. The lowest BCUT2D eigenvalue weighted by molar-refractivity contribution is -0.140. The molecule has 2 atom stereocenters. The van der Waals surface area contributed by atoms with Gasteiger partial charge in [-0.25, -0.2) is 0 Å². The lowest BCUT2D eigenvalue weighted by Crippen LogP contribution is -2.17. The Morgan fingerprint density at radius 2 is 2.19 bits per heavy atom. The number of hydrogen-bond donors (Lipinski definition) is 2. The number of aromatic nitrogens is 2. The maximum Gasteiger partial charge on any atom is 0.307 e. The van der Waals surface area contributed by atoms with E-state index in [1.807, 2.05) is 0 Å². The van der Waals surface area contributed by atoms with Crippen LogP contribution >= 0.6 is 11.3 Å². The Labute approximate surface area is 95.7 Å². The number of carboxylic acids is 1. The van der Waals surface area contributed by atoms with Crippen molar-refractivity contribution in [3.05, 3.63) is 5.51 Å². The molecule has 0 saturated heterocycles. The van der Waals surface area contributed by atoms with E-state index in [0.29, 0.717) is 5.13 Å². The Bertz CT molecular complexity index is 429. The maximum absolute atomic E-state index is 11.8. The van der Waals surface area contributed by atoms with E-state index >= 15 is 0 Å². The normalized spacial score (nSPS) is 26.1. The third kappa shape index (κ3) is 1.67. The second kappa shape index (κ2) is 3.51. The summed E-state index contributed by atoms with van der Waals surface area (Å²) < 4.78 is 0. The SMILES string of the molecule is CC1(C)C(C(=O)O)C1C(=O)Nc1nncs1. The summed E-state index contributed by atoms with van der Waals surface area (Å²) >= 11 is 1.20. The van der Waals surface area contributed by atoms with Crippen LogP contribution in [0.15, 0.2) is 5.51 Å². The largest absolute Gasteiger partial charge is 0.481 e. The first kappa shape index (κ1) is 11.0. The van der Waals surface area contributed by atoms with Gasteiger partial charge in [0.1, 0.15) is 5.51 Å². The lowest BCUT2D eigenvalue weighted by atomic mass is 10.1. The summed E-state index contributed by atoms with van der Waals surface area (Å²) in [4.78, 5) is 22.7. The summed E-state index contributed by atoms with van der Waals surface area (Å²) in [5.74, 6) is -2.33. The van der Waals surface area contributed by atoms with E-state index in [0.717, 1.165) is 0 Å². The Morgan fingerprint density at radius 3 is 2.62 bits per heavy atom. The third-order valence-electron chi connectivity index (χ3n) is 2.97. The molecule has 1 aromatic heterocycles. The van der Waals surface area contributed by atoms with Crippen LogP contribution in [0.1, 0.15) is 13.8 Å². The minimum atomic E-state index is -0.928. The minimum absolute atomic E-state index is 0.297. The van der Waals surface area contributed by atoms with Crippen molar-refractivity contribution in [2.75, 3.05) is 5.32 Å². The zero-order valence-electron chi connectivity index (χ0n) is 8.80. The van der Waals surface area contributed by atoms with Gasteiger partial charge in [-0.05, 0) is 5.41 Å². The van der Waals surface area contributed by atoms with E-state index in [4.69, 9.17) is 5.11 Å². The lowest BCUT2D eigenvalue weighted by Gasteiger charge is -2.01. The topological polar surface area (TPSA) is 92.2 Å². The number of aliphatic carboxylic acids is 1. The van der Waals surface area contributed by atoms with E-state index in [9.17, 15) is 9.59 Å². The standard InChI is InChI=1S/C9H11N3O3S/c1-9(2)4(5(9)7(14)15)6(13)11-8-12-10-3-16-8/h3-5H,1-2H3,(H,14,15)(H,11,12,13). The first-order valence-corrected chi connectivity index (χ1v) is 5.62. The number of carboxylic acid groups (broad SMARTS) is 1. The molecule has 16 heavy (non-hydrogen) atoms. The van der Waals surface area contributed by atoms with Crippen LogP contribution in [0.5, 0.6) is 0 Å². The molecular weight excluding hydrogens is 230 g/mol. The Morgan fingerprint density at radius 1 is 1.50 bits per heavy atom. The number of nitrogens with one attached hydrogen (secondary N) is 1. The number of carbonyl (C=O) groups is 2. The Balaban J connectivity index is 2.05. The summed E-state index contributed by atoms with van der Waals surface area (Å²) in [5.41, 5.74) is 1.02. The molecular formula is C9H11N3O3S. The number of hydrogen-bond acceptors (Lipinski definition) is 5. The average Bonchev–Trinajstić information content (AvgIpc) is 2.58. The van der Waals surface area contributed by atoms with E-state index in [1.54, 1.807) is 13.8 Å². The van der Waals surface area contributed by atoms with Crippen LogP contribution in [0.2, 0.25) is 0 Å². The van der Waals surface area contributed by atoms with Gasteiger partial charge in [-0.15, -0.1) is 10.2 Å². The highest BCUT2D eigenvalue weighted by atomic mass is 32.1. The molecule has 0 aromatic carbocycles. The summed E-state index contributed by atoms with van der Waals surface area (Å²) in [6.45, 7) is 3.55. The molecule has 0 spiro atoms. The Hall–Kier alpha value is -1.50. The number of amides is 1. The molecule has 1 aliphatic carbocycles. The molecule has 0 bridgehead atoms. The average molecular weight is 241 g/mol. The molecule has 0 aliphatic heterocycles. The van der Waals surface area contributed by atoms with Gasteiger partial charge in [0.05, 0.1) is 11.8 Å². The van der Waals surface area contributed by atoms with Crippen molar-refractivity contribution in [3.63, 3.8) is 0 Å². The van der Waals surface area contributed by atoms with Gasteiger partial charge >= 0.3 is 5.97 Å². The molecule has 2 rings (SSSR count). The van der Waals surface area contributed by atoms with Crippen molar-refractivity contribution in [3.8, 4) is 0 Å². The van der Waals surface area contributed by atoms with E-state index in [2.05, 4.69) is 15.5 Å². The first-order valence-electron chi connectivity index (χ1n) is 4.74. The van der Waals surface area contributed by atoms with Gasteiger partial charge in [-0.2, -0.15) is 0 Å². The van der Waals surface area contributed by atoms with Crippen LogP contribution in [0.3, 0.4) is 0 Å². The van der Waals surface area contributed by atoms with Crippen LogP contribution in [0.4, 0.5) is 5.13 Å². The monoisotopic (exact) mass is 241 g/mol. The van der Waals surface area contributed by atoms with Crippen molar-refractivity contribution in [2.45, 2.75) is 13.8 Å². The third-order valence-corrected chi connectivity index (χ3v) is 3.57. The highest BCUT2D eigenvalue weighted by Gasteiger charge is 2.65. The summed E-state index contributed by atoms with van der Waals surface area (Å²) in [7, 11) is 0. The number of nitrogens with zero attached hydrogens (tertiary/aromatic N) is 2. The van der Waals surface area contributed by atoms with Gasteiger partial charge in [0.2, 0.25) is 11.0 Å².